The van der Waals surface area contributed by atoms with Gasteiger partial charge in [0.15, 0.2) is 0 Å². The van der Waals surface area contributed by atoms with E-state index in [4.69, 9.17) is 0 Å². The standard InChI is InChI=1S/C17H26N6O2/c24-11-14-4-2-7-22(14)16-9-15(19-12-20-16)21-6-1-3-13(10-21)23-8-5-18-17(23)25/h9,12-14,24H,1-8,10-11H2,(H,18,25). The van der Waals surface area contributed by atoms with Gasteiger partial charge in [-0.25, -0.2) is 14.8 Å². The number of anilines is 2. The zero-order chi connectivity index (χ0) is 17.2. The van der Waals surface area contributed by atoms with Crippen molar-refractivity contribution in [2.45, 2.75) is 37.8 Å². The van der Waals surface area contributed by atoms with Crippen LogP contribution in [-0.2, 0) is 0 Å². The Bertz CT molecular complexity index is 627. The minimum atomic E-state index is 0.0538. The number of carbonyl (C=O) groups excluding carboxylic acids is 1. The van der Waals surface area contributed by atoms with E-state index in [1.54, 1.807) is 6.33 Å². The van der Waals surface area contributed by atoms with Crippen LogP contribution in [0.25, 0.3) is 0 Å². The molecule has 2 N–H and O–H groups in total. The molecule has 1 aromatic heterocycles. The number of aromatic nitrogens is 2. The van der Waals surface area contributed by atoms with Crippen molar-refractivity contribution in [3.63, 3.8) is 0 Å². The fourth-order valence-corrected chi connectivity index (χ4v) is 4.25. The van der Waals surface area contributed by atoms with Crippen LogP contribution >= 0.6 is 0 Å². The minimum Gasteiger partial charge on any atom is -0.394 e. The van der Waals surface area contributed by atoms with E-state index in [9.17, 15) is 9.90 Å². The van der Waals surface area contributed by atoms with E-state index in [1.165, 1.54) is 0 Å². The second-order valence-electron chi connectivity index (χ2n) is 7.07. The number of hydrogen-bond donors (Lipinski definition) is 2. The predicted molar refractivity (Wildman–Crippen MR) is 94.8 cm³/mol. The van der Waals surface area contributed by atoms with Gasteiger partial charge in [-0.15, -0.1) is 0 Å². The normalized spacial score (nSPS) is 27.1. The van der Waals surface area contributed by atoms with Crippen LogP contribution in [0.5, 0.6) is 0 Å². The second kappa shape index (κ2) is 7.03. The Kier molecular flexibility index (Phi) is 4.61. The number of aliphatic hydroxyl groups excluding tert-OH is 1. The molecule has 136 valence electrons. The topological polar surface area (TPSA) is 84.8 Å². The molecule has 1 aromatic rings. The Balaban J connectivity index is 1.49. The molecule has 0 saturated carbocycles. The third-order valence-electron chi connectivity index (χ3n) is 5.57. The number of hydrogen-bond acceptors (Lipinski definition) is 6. The molecule has 8 nitrogen and oxygen atoms in total. The van der Waals surface area contributed by atoms with Crippen LogP contribution in [0.15, 0.2) is 12.4 Å². The summed E-state index contributed by atoms with van der Waals surface area (Å²) < 4.78 is 0. The summed E-state index contributed by atoms with van der Waals surface area (Å²) in [5.74, 6) is 1.81. The van der Waals surface area contributed by atoms with Crippen molar-refractivity contribution in [3.8, 4) is 0 Å². The van der Waals surface area contributed by atoms with E-state index in [0.717, 1.165) is 70.0 Å². The van der Waals surface area contributed by atoms with Crippen molar-refractivity contribution in [3.05, 3.63) is 12.4 Å². The molecule has 25 heavy (non-hydrogen) atoms. The molecule has 3 aliphatic heterocycles. The van der Waals surface area contributed by atoms with Crippen molar-refractivity contribution in [1.82, 2.24) is 20.2 Å². The van der Waals surface area contributed by atoms with Crippen LogP contribution in [0.4, 0.5) is 16.4 Å². The molecule has 0 bridgehead atoms. The van der Waals surface area contributed by atoms with Crippen molar-refractivity contribution in [2.75, 3.05) is 49.1 Å². The SMILES string of the molecule is O=C1NCCN1C1CCCN(c2cc(N3CCCC3CO)ncn2)C1. The molecule has 2 amide bonds. The highest BCUT2D eigenvalue weighted by Crippen LogP contribution is 2.27. The van der Waals surface area contributed by atoms with Gasteiger partial charge < -0.3 is 25.1 Å². The predicted octanol–water partition coefficient (Wildman–Crippen LogP) is 0.432. The highest BCUT2D eigenvalue weighted by molar-refractivity contribution is 5.76. The first-order valence-electron chi connectivity index (χ1n) is 9.25. The molecule has 4 heterocycles. The Morgan fingerprint density at radius 2 is 1.96 bits per heavy atom. The van der Waals surface area contributed by atoms with Crippen molar-refractivity contribution >= 4 is 17.7 Å². The molecule has 0 aromatic carbocycles. The van der Waals surface area contributed by atoms with Crippen LogP contribution in [0.2, 0.25) is 0 Å². The van der Waals surface area contributed by atoms with Gasteiger partial charge in [-0.1, -0.05) is 0 Å². The number of amides is 2. The van der Waals surface area contributed by atoms with E-state index >= 15 is 0 Å². The molecule has 0 radical (unpaired) electrons. The molecule has 4 rings (SSSR count). The summed E-state index contributed by atoms with van der Waals surface area (Å²) in [6, 6.07) is 2.48. The highest BCUT2D eigenvalue weighted by Gasteiger charge is 2.32. The zero-order valence-corrected chi connectivity index (χ0v) is 14.5. The maximum absolute atomic E-state index is 12.0. The zero-order valence-electron chi connectivity index (χ0n) is 14.5. The van der Waals surface area contributed by atoms with E-state index in [-0.39, 0.29) is 24.7 Å². The number of carbonyl (C=O) groups is 1. The van der Waals surface area contributed by atoms with Gasteiger partial charge in [0.2, 0.25) is 0 Å². The largest absolute Gasteiger partial charge is 0.394 e. The van der Waals surface area contributed by atoms with Crippen molar-refractivity contribution in [2.24, 2.45) is 0 Å². The average molecular weight is 346 g/mol. The second-order valence-corrected chi connectivity index (χ2v) is 7.07. The van der Waals surface area contributed by atoms with Crippen LogP contribution in [-0.4, -0.2) is 77.4 Å². The van der Waals surface area contributed by atoms with Gasteiger partial charge in [0.25, 0.3) is 0 Å². The maximum atomic E-state index is 12.0. The van der Waals surface area contributed by atoms with Gasteiger partial charge in [0, 0.05) is 38.8 Å². The summed E-state index contributed by atoms with van der Waals surface area (Å²) in [5.41, 5.74) is 0. The molecular formula is C17H26N6O2. The summed E-state index contributed by atoms with van der Waals surface area (Å²) in [5, 5.41) is 12.4. The first-order chi connectivity index (χ1) is 12.3. The first-order valence-corrected chi connectivity index (χ1v) is 9.25. The van der Waals surface area contributed by atoms with Gasteiger partial charge in [-0.05, 0) is 25.7 Å². The summed E-state index contributed by atoms with van der Waals surface area (Å²) in [7, 11) is 0. The lowest BCUT2D eigenvalue weighted by Crippen LogP contribution is -2.49. The molecule has 8 heteroatoms. The summed E-state index contributed by atoms with van der Waals surface area (Å²) in [4.78, 5) is 27.2. The Morgan fingerprint density at radius 3 is 2.76 bits per heavy atom. The number of urea groups is 1. The van der Waals surface area contributed by atoms with Crippen molar-refractivity contribution in [1.29, 1.82) is 0 Å². The molecule has 2 unspecified atom stereocenters. The van der Waals surface area contributed by atoms with Crippen LogP contribution < -0.4 is 15.1 Å². The third-order valence-corrected chi connectivity index (χ3v) is 5.57. The van der Waals surface area contributed by atoms with E-state index in [0.29, 0.717) is 0 Å². The van der Waals surface area contributed by atoms with Gasteiger partial charge in [-0.2, -0.15) is 0 Å². The lowest BCUT2D eigenvalue weighted by molar-refractivity contribution is 0.189. The van der Waals surface area contributed by atoms with E-state index in [2.05, 4.69) is 25.1 Å². The number of rotatable bonds is 4. The lowest BCUT2D eigenvalue weighted by atomic mass is 10.0. The summed E-state index contributed by atoms with van der Waals surface area (Å²) >= 11 is 0. The Morgan fingerprint density at radius 1 is 1.12 bits per heavy atom. The number of nitrogens with zero attached hydrogens (tertiary/aromatic N) is 5. The fourth-order valence-electron chi connectivity index (χ4n) is 4.25. The number of piperidine rings is 1. The molecule has 0 spiro atoms. The molecule has 3 fully saturated rings. The maximum Gasteiger partial charge on any atom is 0.317 e. The quantitative estimate of drug-likeness (QED) is 0.823. The van der Waals surface area contributed by atoms with Gasteiger partial charge in [0.1, 0.15) is 18.0 Å². The van der Waals surface area contributed by atoms with Gasteiger partial charge in [-0.3, -0.25) is 0 Å². The number of aliphatic hydroxyl groups is 1. The Labute approximate surface area is 147 Å². The molecule has 3 aliphatic rings. The third kappa shape index (κ3) is 3.22. The highest BCUT2D eigenvalue weighted by atomic mass is 16.3. The molecule has 2 atom stereocenters. The Hall–Kier alpha value is -2.09. The van der Waals surface area contributed by atoms with Gasteiger partial charge >= 0.3 is 6.03 Å². The van der Waals surface area contributed by atoms with Crippen LogP contribution in [0, 0.1) is 0 Å². The molecule has 0 aliphatic carbocycles. The van der Waals surface area contributed by atoms with Gasteiger partial charge in [0.05, 0.1) is 18.7 Å². The smallest absolute Gasteiger partial charge is 0.317 e. The van der Waals surface area contributed by atoms with Crippen LogP contribution in [0.3, 0.4) is 0 Å². The van der Waals surface area contributed by atoms with E-state index in [1.807, 2.05) is 11.0 Å². The first kappa shape index (κ1) is 16.4. The lowest BCUT2D eigenvalue weighted by Gasteiger charge is -2.37. The number of nitrogens with one attached hydrogen (secondary N) is 1. The minimum absolute atomic E-state index is 0.0538. The molecule has 3 saturated heterocycles. The van der Waals surface area contributed by atoms with E-state index < -0.39 is 0 Å². The van der Waals surface area contributed by atoms with Crippen molar-refractivity contribution < 1.29 is 9.90 Å². The summed E-state index contributed by atoms with van der Waals surface area (Å²) in [6.45, 7) is 4.38. The summed E-state index contributed by atoms with van der Waals surface area (Å²) in [6.07, 6.45) is 5.80. The average Bonchev–Trinajstić information content (AvgIpc) is 3.30. The van der Waals surface area contributed by atoms with Crippen LogP contribution in [0.1, 0.15) is 25.7 Å². The fraction of sp³-hybridized carbons (Fsp3) is 0.706. The monoisotopic (exact) mass is 346 g/mol. The molecular weight excluding hydrogens is 320 g/mol.